The van der Waals surface area contributed by atoms with E-state index in [9.17, 15) is 23.7 Å². The number of phosphoric acid groups is 1. The van der Waals surface area contributed by atoms with Crippen molar-refractivity contribution in [2.45, 2.75) is 163 Å². The molecule has 14 nitrogen and oxygen atoms in total. The second kappa shape index (κ2) is 21.5. The first-order valence-electron chi connectivity index (χ1n) is 21.0. The highest BCUT2D eigenvalue weighted by Crippen LogP contribution is 2.52. The highest BCUT2D eigenvalue weighted by molar-refractivity contribution is 7.99. The van der Waals surface area contributed by atoms with Crippen LogP contribution in [0.15, 0.2) is 24.3 Å². The van der Waals surface area contributed by atoms with Crippen LogP contribution in [0.25, 0.3) is 0 Å². The molecule has 2 aromatic rings. The topological polar surface area (TPSA) is 168 Å². The Kier molecular flexibility index (Phi) is 18.9. The first-order valence-corrected chi connectivity index (χ1v) is 23.6. The number of ether oxygens (including phenoxy) is 6. The lowest BCUT2D eigenvalue weighted by Gasteiger charge is -2.36. The third kappa shape index (κ3) is 17.6. The second-order valence-electron chi connectivity index (χ2n) is 20.7. The van der Waals surface area contributed by atoms with Gasteiger partial charge >= 0.3 is 32.1 Å². The van der Waals surface area contributed by atoms with E-state index in [0.717, 1.165) is 0 Å². The molecule has 16 heteroatoms. The minimum atomic E-state index is -4.01. The summed E-state index contributed by atoms with van der Waals surface area (Å²) in [4.78, 5) is 51.6. The van der Waals surface area contributed by atoms with Crippen LogP contribution < -0.4 is 14.0 Å². The molecule has 0 aliphatic heterocycles. The standard InChI is InChI=1S/C47H73O14PS/c1-42(2,3)32-24-30(26-36(48)56-22-23-63-29-37(49)53-17)25-34(38(32)57-40(50)59-44(7,8)9)46(13,14)20-21-47(15,16)35-28-31(61-62(52,54-18)55-19)27-33(43(4,5)6)39(35)58-41(51)60-45(10,11)12/h24-25,27-28H,20-23,26,29H2,1-19H3. The molecule has 0 aliphatic rings. The molecule has 0 unspecified atom stereocenters. The summed E-state index contributed by atoms with van der Waals surface area (Å²) in [6.45, 7) is 30.5. The molecule has 0 spiro atoms. The molecule has 0 bridgehead atoms. The predicted octanol–water partition coefficient (Wildman–Crippen LogP) is 11.7. The van der Waals surface area contributed by atoms with Gasteiger partial charge in [-0.1, -0.05) is 81.4 Å². The number of thioether (sulfide) groups is 1. The van der Waals surface area contributed by atoms with Gasteiger partial charge in [-0.25, -0.2) is 14.2 Å². The van der Waals surface area contributed by atoms with Crippen molar-refractivity contribution in [3.05, 3.63) is 52.1 Å². The van der Waals surface area contributed by atoms with E-state index in [0.29, 0.717) is 52.2 Å². The minimum absolute atomic E-state index is 0.0629. The number of rotatable bonds is 18. The van der Waals surface area contributed by atoms with E-state index in [1.54, 1.807) is 53.7 Å². The Balaban J connectivity index is 2.82. The third-order valence-electron chi connectivity index (χ3n) is 9.76. The summed E-state index contributed by atoms with van der Waals surface area (Å²) in [5.41, 5.74) is -1.25. The molecule has 0 aromatic heterocycles. The van der Waals surface area contributed by atoms with Crippen LogP contribution in [0.5, 0.6) is 17.2 Å². The van der Waals surface area contributed by atoms with Gasteiger partial charge in [0.15, 0.2) is 0 Å². The molecule has 356 valence electrons. The summed E-state index contributed by atoms with van der Waals surface area (Å²) in [5.74, 6) is 0.515. The molecule has 2 aromatic carbocycles. The van der Waals surface area contributed by atoms with Crippen LogP contribution in [0, 0.1) is 0 Å². The molecule has 0 fully saturated rings. The van der Waals surface area contributed by atoms with Crippen molar-refractivity contribution < 1.29 is 65.7 Å². The number of esters is 2. The predicted molar refractivity (Wildman–Crippen MR) is 246 cm³/mol. The van der Waals surface area contributed by atoms with Gasteiger partial charge in [-0.3, -0.25) is 18.6 Å². The molecular weight excluding hydrogens is 852 g/mol. The molecular formula is C47H73O14PS. The molecule has 0 saturated heterocycles. The first kappa shape index (κ1) is 55.4. The second-order valence-corrected chi connectivity index (χ2v) is 23.6. The lowest BCUT2D eigenvalue weighted by Crippen LogP contribution is -2.31. The Labute approximate surface area is 380 Å². The Hall–Kier alpha value is -3.78. The quantitative estimate of drug-likeness (QED) is 0.0455. The summed E-state index contributed by atoms with van der Waals surface area (Å²) in [7, 11) is -0.249. The van der Waals surface area contributed by atoms with Crippen molar-refractivity contribution in [2.24, 2.45) is 0 Å². The Morgan fingerprint density at radius 1 is 0.587 bits per heavy atom. The van der Waals surface area contributed by atoms with E-state index in [-0.39, 0.29) is 36.2 Å². The molecule has 0 amide bonds. The van der Waals surface area contributed by atoms with Crippen molar-refractivity contribution in [1.29, 1.82) is 0 Å². The maximum Gasteiger partial charge on any atom is 0.529 e. The van der Waals surface area contributed by atoms with Gasteiger partial charge in [-0.15, -0.1) is 11.8 Å². The van der Waals surface area contributed by atoms with E-state index in [1.807, 2.05) is 81.4 Å². The third-order valence-corrected chi connectivity index (χ3v) is 12.0. The van der Waals surface area contributed by atoms with E-state index >= 15 is 0 Å². The smallest absolute Gasteiger partial charge is 0.468 e. The maximum atomic E-state index is 13.4. The number of benzene rings is 2. The fourth-order valence-corrected chi connectivity index (χ4v) is 7.60. The van der Waals surface area contributed by atoms with Crippen LogP contribution >= 0.6 is 19.6 Å². The lowest BCUT2D eigenvalue weighted by atomic mass is 9.70. The van der Waals surface area contributed by atoms with Crippen LogP contribution in [-0.4, -0.2) is 74.9 Å². The van der Waals surface area contributed by atoms with Crippen molar-refractivity contribution >= 4 is 43.8 Å². The van der Waals surface area contributed by atoms with Crippen LogP contribution in [-0.2, 0) is 70.2 Å². The van der Waals surface area contributed by atoms with Gasteiger partial charge in [0.2, 0.25) is 0 Å². The van der Waals surface area contributed by atoms with Gasteiger partial charge in [0.05, 0.1) is 19.3 Å². The lowest BCUT2D eigenvalue weighted by molar-refractivity contribution is -0.142. The van der Waals surface area contributed by atoms with E-state index in [1.165, 1.54) is 33.1 Å². The van der Waals surface area contributed by atoms with Crippen molar-refractivity contribution in [3.8, 4) is 17.2 Å². The zero-order valence-corrected chi connectivity index (χ0v) is 42.8. The SMILES string of the molecule is COC(=O)CSCCOC(=O)Cc1cc(C(C)(C)C)c(OC(=O)OC(C)(C)C)c(C(C)(C)CCC(C)(C)c2cc(OP(=O)(OC)OC)cc(C(C)(C)C)c2OC(=O)OC(C)(C)C)c1. The maximum absolute atomic E-state index is 13.4. The summed E-state index contributed by atoms with van der Waals surface area (Å²) in [5, 5.41) is 0. The van der Waals surface area contributed by atoms with Gasteiger partial charge < -0.3 is 32.9 Å². The monoisotopic (exact) mass is 924 g/mol. The van der Waals surface area contributed by atoms with Gasteiger partial charge in [-0.2, -0.15) is 0 Å². The van der Waals surface area contributed by atoms with Gasteiger partial charge in [0.25, 0.3) is 0 Å². The normalized spacial score (nSPS) is 12.9. The zero-order valence-electron chi connectivity index (χ0n) is 41.1. The van der Waals surface area contributed by atoms with Gasteiger partial charge in [-0.05, 0) is 93.7 Å². The number of methoxy groups -OCH3 is 1. The van der Waals surface area contributed by atoms with Crippen molar-refractivity contribution in [2.75, 3.05) is 39.4 Å². The Morgan fingerprint density at radius 2 is 1.00 bits per heavy atom. The summed E-state index contributed by atoms with van der Waals surface area (Å²) in [6.07, 6.45) is -0.909. The zero-order chi connectivity index (χ0) is 48.6. The molecule has 2 rings (SSSR count). The molecule has 0 aliphatic carbocycles. The van der Waals surface area contributed by atoms with Crippen LogP contribution in [0.1, 0.15) is 151 Å². The van der Waals surface area contributed by atoms with Crippen LogP contribution in [0.3, 0.4) is 0 Å². The number of phosphoric ester groups is 1. The number of carbonyl (C=O) groups excluding carboxylic acids is 4. The fourth-order valence-electron chi connectivity index (χ4n) is 6.31. The fraction of sp³-hybridized carbons (Fsp3) is 0.660. The van der Waals surface area contributed by atoms with Crippen molar-refractivity contribution in [3.63, 3.8) is 0 Å². The van der Waals surface area contributed by atoms with Gasteiger partial charge in [0.1, 0.15) is 35.1 Å². The van der Waals surface area contributed by atoms with Crippen LogP contribution in [0.2, 0.25) is 0 Å². The highest BCUT2D eigenvalue weighted by Gasteiger charge is 2.38. The first-order chi connectivity index (χ1) is 28.6. The molecule has 0 saturated carbocycles. The van der Waals surface area contributed by atoms with Crippen molar-refractivity contribution in [1.82, 2.24) is 0 Å². The molecule has 0 radical (unpaired) electrons. The Morgan fingerprint density at radius 3 is 1.41 bits per heavy atom. The number of hydrogen-bond acceptors (Lipinski definition) is 15. The molecule has 0 N–H and O–H groups in total. The number of hydrogen-bond donors (Lipinski definition) is 0. The minimum Gasteiger partial charge on any atom is -0.468 e. The van der Waals surface area contributed by atoms with Crippen LogP contribution in [0.4, 0.5) is 9.59 Å². The Bertz CT molecular complexity index is 1970. The average Bonchev–Trinajstić information content (AvgIpc) is 3.12. The van der Waals surface area contributed by atoms with Gasteiger partial charge in [0, 0.05) is 42.2 Å². The molecule has 0 heterocycles. The van der Waals surface area contributed by atoms with E-state index in [2.05, 4.69) is 4.74 Å². The largest absolute Gasteiger partial charge is 0.529 e. The summed E-state index contributed by atoms with van der Waals surface area (Å²) in [6, 6.07) is 7.04. The number of carbonyl (C=O) groups is 4. The molecule has 63 heavy (non-hydrogen) atoms. The highest BCUT2D eigenvalue weighted by atomic mass is 32.2. The summed E-state index contributed by atoms with van der Waals surface area (Å²) >= 11 is 1.30. The van der Waals surface area contributed by atoms with E-state index < -0.39 is 59.0 Å². The summed E-state index contributed by atoms with van der Waals surface area (Å²) < 4.78 is 63.1. The van der Waals surface area contributed by atoms with E-state index in [4.69, 9.17) is 37.3 Å². The molecule has 0 atom stereocenters. The average molecular weight is 925 g/mol.